The van der Waals surface area contributed by atoms with E-state index >= 15 is 0 Å². The Bertz CT molecular complexity index is 1160. The quantitative estimate of drug-likeness (QED) is 0.497. The Morgan fingerprint density at radius 3 is 2.47 bits per heavy atom. The molecule has 1 saturated heterocycles. The predicted octanol–water partition coefficient (Wildman–Crippen LogP) is 4.80. The number of rotatable bonds is 6. The highest BCUT2D eigenvalue weighted by molar-refractivity contribution is 8.00. The minimum Gasteiger partial charge on any atom is -0.334 e. The van der Waals surface area contributed by atoms with Crippen LogP contribution in [0.3, 0.4) is 0 Å². The van der Waals surface area contributed by atoms with Crippen molar-refractivity contribution >= 4 is 49.9 Å². The van der Waals surface area contributed by atoms with Crippen LogP contribution in [-0.2, 0) is 21.2 Å². The molecule has 0 unspecified atom stereocenters. The zero-order valence-electron chi connectivity index (χ0n) is 16.3. The number of amides is 1. The summed E-state index contributed by atoms with van der Waals surface area (Å²) < 4.78 is 24.1. The van der Waals surface area contributed by atoms with E-state index in [9.17, 15) is 13.2 Å². The number of carbonyl (C=O) groups is 1. The van der Waals surface area contributed by atoms with Crippen molar-refractivity contribution < 1.29 is 13.2 Å². The molecule has 1 heterocycles. The molecular formula is C23H22ClNO3S2. The molecule has 1 fully saturated rings. The van der Waals surface area contributed by atoms with Gasteiger partial charge in [0.25, 0.3) is 0 Å². The number of thioether (sulfide) groups is 1. The zero-order valence-corrected chi connectivity index (χ0v) is 18.7. The maximum Gasteiger partial charge on any atom is 0.233 e. The average Bonchev–Trinajstić information content (AvgIpc) is 3.10. The van der Waals surface area contributed by atoms with Crippen molar-refractivity contribution in [2.75, 3.05) is 17.3 Å². The lowest BCUT2D eigenvalue weighted by molar-refractivity contribution is -0.130. The first-order valence-corrected chi connectivity index (χ1v) is 13.0. The molecule has 0 radical (unpaired) electrons. The molecule has 4 rings (SSSR count). The Morgan fingerprint density at radius 1 is 1.03 bits per heavy atom. The molecule has 0 saturated carbocycles. The molecule has 1 atom stereocenters. The molecule has 1 aliphatic heterocycles. The minimum atomic E-state index is -3.09. The van der Waals surface area contributed by atoms with E-state index in [0.29, 0.717) is 18.0 Å². The van der Waals surface area contributed by atoms with Gasteiger partial charge in [0.1, 0.15) is 0 Å². The standard InChI is InChI=1S/C23H22ClNO3S2/c24-20-10-4-8-18-9-5-11-21(23(18)20)29-15-22(26)25(14-17-6-2-1-3-7-17)19-12-13-30(27,28)16-19/h1-11,19H,12-16H2/t19-/m0/s1. The second-order valence-electron chi connectivity index (χ2n) is 7.45. The molecule has 3 aromatic carbocycles. The lowest BCUT2D eigenvalue weighted by Gasteiger charge is -2.28. The molecule has 7 heteroatoms. The largest absolute Gasteiger partial charge is 0.334 e. The van der Waals surface area contributed by atoms with Gasteiger partial charge < -0.3 is 4.90 Å². The summed E-state index contributed by atoms with van der Waals surface area (Å²) >= 11 is 7.85. The average molecular weight is 460 g/mol. The minimum absolute atomic E-state index is 0.0380. The fourth-order valence-corrected chi connectivity index (χ4v) is 6.89. The van der Waals surface area contributed by atoms with Gasteiger partial charge in [-0.3, -0.25) is 4.79 Å². The molecule has 0 aliphatic carbocycles. The van der Waals surface area contributed by atoms with Gasteiger partial charge in [-0.05, 0) is 29.5 Å². The Morgan fingerprint density at radius 2 is 1.77 bits per heavy atom. The molecule has 4 nitrogen and oxygen atoms in total. The third-order valence-corrected chi connectivity index (χ3v) is 8.44. The Balaban J connectivity index is 1.55. The molecule has 0 N–H and O–H groups in total. The summed E-state index contributed by atoms with van der Waals surface area (Å²) in [5.74, 6) is 0.349. The van der Waals surface area contributed by atoms with Crippen molar-refractivity contribution in [3.63, 3.8) is 0 Å². The van der Waals surface area contributed by atoms with Gasteiger partial charge in [0, 0.05) is 27.9 Å². The SMILES string of the molecule is O=C(CSc1cccc2cccc(Cl)c12)N(Cc1ccccc1)[C@H]1CCS(=O)(=O)C1. The number of nitrogens with zero attached hydrogens (tertiary/aromatic N) is 1. The van der Waals surface area contributed by atoms with Gasteiger partial charge in [0.15, 0.2) is 9.84 Å². The Hall–Kier alpha value is -2.02. The summed E-state index contributed by atoms with van der Waals surface area (Å²) in [6.07, 6.45) is 0.492. The van der Waals surface area contributed by atoms with Crippen LogP contribution >= 0.6 is 23.4 Å². The van der Waals surface area contributed by atoms with Crippen LogP contribution in [0, 0.1) is 0 Å². The highest BCUT2D eigenvalue weighted by Gasteiger charge is 2.34. The predicted molar refractivity (Wildman–Crippen MR) is 124 cm³/mol. The molecule has 3 aromatic rings. The fraction of sp³-hybridized carbons (Fsp3) is 0.261. The van der Waals surface area contributed by atoms with Crippen molar-refractivity contribution in [3.8, 4) is 0 Å². The van der Waals surface area contributed by atoms with Gasteiger partial charge >= 0.3 is 0 Å². The number of carbonyl (C=O) groups excluding carboxylic acids is 1. The highest BCUT2D eigenvalue weighted by Crippen LogP contribution is 2.33. The topological polar surface area (TPSA) is 54.5 Å². The molecule has 1 aliphatic rings. The summed E-state index contributed by atoms with van der Waals surface area (Å²) in [6, 6.07) is 21.1. The van der Waals surface area contributed by atoms with E-state index < -0.39 is 9.84 Å². The van der Waals surface area contributed by atoms with Crippen LogP contribution in [0.2, 0.25) is 5.02 Å². The third-order valence-electron chi connectivity index (χ3n) is 5.33. The third kappa shape index (κ3) is 4.82. The van der Waals surface area contributed by atoms with Crippen LogP contribution < -0.4 is 0 Å². The van der Waals surface area contributed by atoms with Crippen molar-refractivity contribution in [3.05, 3.63) is 77.3 Å². The second kappa shape index (κ2) is 9.00. The number of hydrogen-bond donors (Lipinski definition) is 0. The molecule has 0 aromatic heterocycles. The number of halogens is 1. The van der Waals surface area contributed by atoms with Crippen molar-refractivity contribution in [2.45, 2.75) is 23.9 Å². The van der Waals surface area contributed by atoms with Crippen molar-refractivity contribution in [1.82, 2.24) is 4.90 Å². The lowest BCUT2D eigenvalue weighted by atomic mass is 10.1. The lowest BCUT2D eigenvalue weighted by Crippen LogP contribution is -2.41. The van der Waals surface area contributed by atoms with Gasteiger partial charge in [-0.2, -0.15) is 0 Å². The molecule has 0 spiro atoms. The van der Waals surface area contributed by atoms with Crippen LogP contribution in [0.1, 0.15) is 12.0 Å². The fourth-order valence-electron chi connectivity index (χ4n) is 3.83. The van der Waals surface area contributed by atoms with Crippen molar-refractivity contribution in [1.29, 1.82) is 0 Å². The van der Waals surface area contributed by atoms with Crippen LogP contribution in [0.25, 0.3) is 10.8 Å². The van der Waals surface area contributed by atoms with Gasteiger partial charge in [-0.1, -0.05) is 66.2 Å². The van der Waals surface area contributed by atoms with Gasteiger partial charge in [0.05, 0.1) is 17.3 Å². The zero-order chi connectivity index (χ0) is 21.1. The number of sulfone groups is 1. The van der Waals surface area contributed by atoms with Crippen LogP contribution in [0.5, 0.6) is 0 Å². The molecule has 30 heavy (non-hydrogen) atoms. The Labute approximate surface area is 186 Å². The monoisotopic (exact) mass is 459 g/mol. The van der Waals surface area contributed by atoms with E-state index in [-0.39, 0.29) is 29.2 Å². The first-order chi connectivity index (χ1) is 14.4. The highest BCUT2D eigenvalue weighted by atomic mass is 35.5. The smallest absolute Gasteiger partial charge is 0.233 e. The van der Waals surface area contributed by atoms with Crippen LogP contribution in [0.15, 0.2) is 71.6 Å². The van der Waals surface area contributed by atoms with Crippen LogP contribution in [-0.4, -0.2) is 42.5 Å². The van der Waals surface area contributed by atoms with Crippen molar-refractivity contribution in [2.24, 2.45) is 0 Å². The molecule has 0 bridgehead atoms. The van der Waals surface area contributed by atoms with Crippen LogP contribution in [0.4, 0.5) is 0 Å². The first kappa shape index (κ1) is 21.2. The number of benzene rings is 3. The van der Waals surface area contributed by atoms with Gasteiger partial charge in [-0.25, -0.2) is 8.42 Å². The van der Waals surface area contributed by atoms with E-state index in [1.807, 2.05) is 66.7 Å². The molecule has 156 valence electrons. The summed E-state index contributed by atoms with van der Waals surface area (Å²) in [4.78, 5) is 15.9. The van der Waals surface area contributed by atoms with Gasteiger partial charge in [0.2, 0.25) is 5.91 Å². The number of fused-ring (bicyclic) bond motifs is 1. The summed E-state index contributed by atoms with van der Waals surface area (Å²) in [5, 5.41) is 2.63. The first-order valence-electron chi connectivity index (χ1n) is 9.77. The van der Waals surface area contributed by atoms with E-state index in [1.165, 1.54) is 11.8 Å². The maximum atomic E-state index is 13.2. The summed E-state index contributed by atoms with van der Waals surface area (Å²) in [5.41, 5.74) is 0.994. The van der Waals surface area contributed by atoms with E-state index in [0.717, 1.165) is 21.2 Å². The van der Waals surface area contributed by atoms with E-state index in [2.05, 4.69) is 0 Å². The second-order valence-corrected chi connectivity index (χ2v) is 11.1. The number of hydrogen-bond acceptors (Lipinski definition) is 4. The normalized spacial score (nSPS) is 17.8. The Kier molecular flexibility index (Phi) is 6.37. The maximum absolute atomic E-state index is 13.2. The van der Waals surface area contributed by atoms with E-state index in [1.54, 1.807) is 4.90 Å². The molecule has 1 amide bonds. The summed E-state index contributed by atoms with van der Waals surface area (Å²) in [7, 11) is -3.09. The van der Waals surface area contributed by atoms with E-state index in [4.69, 9.17) is 11.6 Å². The summed E-state index contributed by atoms with van der Waals surface area (Å²) in [6.45, 7) is 0.413. The molecular weight excluding hydrogens is 438 g/mol. The van der Waals surface area contributed by atoms with Gasteiger partial charge in [-0.15, -0.1) is 11.8 Å².